The zero-order chi connectivity index (χ0) is 15.2. The highest BCUT2D eigenvalue weighted by atomic mass is 16.7. The first-order valence-corrected chi connectivity index (χ1v) is 7.13. The molecule has 0 radical (unpaired) electrons. The van der Waals surface area contributed by atoms with Crippen molar-refractivity contribution in [3.05, 3.63) is 48.0 Å². The molecule has 0 heterocycles. The molecule has 4 N–H and O–H groups in total. The monoisotopic (exact) mass is 286 g/mol. The van der Waals surface area contributed by atoms with Crippen molar-refractivity contribution >= 4 is 11.4 Å². The lowest BCUT2D eigenvalue weighted by Crippen LogP contribution is -2.23. The first kappa shape index (κ1) is 15.0. The van der Waals surface area contributed by atoms with Crippen LogP contribution >= 0.6 is 0 Å². The Balaban J connectivity index is 2.07. The van der Waals surface area contributed by atoms with E-state index in [2.05, 4.69) is 6.92 Å². The first-order valence-electron chi connectivity index (χ1n) is 7.13. The Hall–Kier alpha value is -2.36. The molecule has 0 bridgehead atoms. The van der Waals surface area contributed by atoms with E-state index >= 15 is 0 Å². The summed E-state index contributed by atoms with van der Waals surface area (Å²) in [5.41, 5.74) is 14.0. The SMILES string of the molecule is CCCC(Oc1ccc(N)cc1)Oc1ccc(C)c(N)c1. The van der Waals surface area contributed by atoms with Crippen molar-refractivity contribution in [2.24, 2.45) is 0 Å². The zero-order valence-corrected chi connectivity index (χ0v) is 12.5. The number of hydrogen-bond acceptors (Lipinski definition) is 4. The molecule has 0 amide bonds. The Labute approximate surface area is 125 Å². The first-order chi connectivity index (χ1) is 10.1. The Morgan fingerprint density at radius 1 is 0.952 bits per heavy atom. The fraction of sp³-hybridized carbons (Fsp3) is 0.294. The lowest BCUT2D eigenvalue weighted by molar-refractivity contribution is -0.000985. The Morgan fingerprint density at radius 2 is 1.57 bits per heavy atom. The van der Waals surface area contributed by atoms with Gasteiger partial charge in [0.1, 0.15) is 11.5 Å². The van der Waals surface area contributed by atoms with Gasteiger partial charge in [-0.05, 0) is 49.2 Å². The molecule has 0 aliphatic carbocycles. The molecule has 2 aromatic carbocycles. The summed E-state index contributed by atoms with van der Waals surface area (Å²) in [6, 6.07) is 13.0. The molecule has 1 unspecified atom stereocenters. The van der Waals surface area contributed by atoms with Gasteiger partial charge in [0.05, 0.1) is 0 Å². The van der Waals surface area contributed by atoms with Gasteiger partial charge in [0, 0.05) is 23.9 Å². The maximum Gasteiger partial charge on any atom is 0.241 e. The van der Waals surface area contributed by atoms with E-state index in [9.17, 15) is 0 Å². The molecule has 21 heavy (non-hydrogen) atoms. The molecule has 1 atom stereocenters. The predicted molar refractivity (Wildman–Crippen MR) is 86.4 cm³/mol. The quantitative estimate of drug-likeness (QED) is 0.627. The molecule has 4 heteroatoms. The maximum atomic E-state index is 5.90. The van der Waals surface area contributed by atoms with E-state index < -0.39 is 0 Å². The lowest BCUT2D eigenvalue weighted by atomic mass is 10.2. The van der Waals surface area contributed by atoms with Crippen molar-refractivity contribution in [2.75, 3.05) is 11.5 Å². The summed E-state index contributed by atoms with van der Waals surface area (Å²) in [6.45, 7) is 4.06. The second-order valence-electron chi connectivity index (χ2n) is 5.04. The van der Waals surface area contributed by atoms with E-state index in [1.807, 2.05) is 49.4 Å². The van der Waals surface area contributed by atoms with Gasteiger partial charge in [-0.25, -0.2) is 0 Å². The minimum Gasteiger partial charge on any atom is -0.455 e. The summed E-state index contributed by atoms with van der Waals surface area (Å²) in [5, 5.41) is 0. The van der Waals surface area contributed by atoms with E-state index in [0.717, 1.165) is 29.8 Å². The van der Waals surface area contributed by atoms with Gasteiger partial charge in [-0.3, -0.25) is 0 Å². The number of aryl methyl sites for hydroxylation is 1. The average Bonchev–Trinajstić information content (AvgIpc) is 2.46. The van der Waals surface area contributed by atoms with Crippen LogP contribution in [0.1, 0.15) is 25.3 Å². The number of nitrogens with two attached hydrogens (primary N) is 2. The summed E-state index contributed by atoms with van der Waals surface area (Å²) in [7, 11) is 0. The number of ether oxygens (including phenoxy) is 2. The van der Waals surface area contributed by atoms with Crippen molar-refractivity contribution in [3.8, 4) is 11.5 Å². The highest BCUT2D eigenvalue weighted by Gasteiger charge is 2.12. The third-order valence-corrected chi connectivity index (χ3v) is 3.19. The molecule has 4 nitrogen and oxygen atoms in total. The molecule has 0 saturated heterocycles. The number of nitrogen functional groups attached to an aromatic ring is 2. The van der Waals surface area contributed by atoms with Crippen LogP contribution < -0.4 is 20.9 Å². The van der Waals surface area contributed by atoms with Gasteiger partial charge in [0.15, 0.2) is 0 Å². The van der Waals surface area contributed by atoms with Gasteiger partial charge >= 0.3 is 0 Å². The van der Waals surface area contributed by atoms with E-state index in [4.69, 9.17) is 20.9 Å². The Kier molecular flexibility index (Phi) is 4.93. The summed E-state index contributed by atoms with van der Waals surface area (Å²) < 4.78 is 11.8. The molecule has 112 valence electrons. The van der Waals surface area contributed by atoms with Crippen molar-refractivity contribution in [1.82, 2.24) is 0 Å². The van der Waals surface area contributed by atoms with Gasteiger partial charge < -0.3 is 20.9 Å². The average molecular weight is 286 g/mol. The van der Waals surface area contributed by atoms with E-state index in [1.165, 1.54) is 0 Å². The minimum absolute atomic E-state index is 0.347. The van der Waals surface area contributed by atoms with Crippen LogP contribution in [0.4, 0.5) is 11.4 Å². The fourth-order valence-electron chi connectivity index (χ4n) is 1.92. The van der Waals surface area contributed by atoms with E-state index in [0.29, 0.717) is 11.4 Å². The molecule has 0 aliphatic rings. The zero-order valence-electron chi connectivity index (χ0n) is 12.5. The third-order valence-electron chi connectivity index (χ3n) is 3.19. The maximum absolute atomic E-state index is 5.90. The van der Waals surface area contributed by atoms with Crippen molar-refractivity contribution in [2.45, 2.75) is 33.0 Å². The lowest BCUT2D eigenvalue weighted by Gasteiger charge is -2.20. The molecule has 0 spiro atoms. The molecule has 0 aromatic heterocycles. The van der Waals surface area contributed by atoms with E-state index in [-0.39, 0.29) is 6.29 Å². The van der Waals surface area contributed by atoms with Gasteiger partial charge in [0.25, 0.3) is 0 Å². The molecular formula is C17H22N2O2. The van der Waals surface area contributed by atoms with Crippen molar-refractivity contribution in [3.63, 3.8) is 0 Å². The minimum atomic E-state index is -0.347. The second kappa shape index (κ2) is 6.88. The molecule has 2 rings (SSSR count). The van der Waals surface area contributed by atoms with Crippen molar-refractivity contribution < 1.29 is 9.47 Å². The molecule has 2 aromatic rings. The Morgan fingerprint density at radius 3 is 2.19 bits per heavy atom. The fourth-order valence-corrected chi connectivity index (χ4v) is 1.92. The van der Waals surface area contributed by atoms with Crippen LogP contribution in [0.25, 0.3) is 0 Å². The van der Waals surface area contributed by atoms with Gasteiger partial charge in [-0.15, -0.1) is 0 Å². The number of hydrogen-bond donors (Lipinski definition) is 2. The second-order valence-corrected chi connectivity index (χ2v) is 5.04. The van der Waals surface area contributed by atoms with E-state index in [1.54, 1.807) is 0 Å². The van der Waals surface area contributed by atoms with Crippen LogP contribution in [0.15, 0.2) is 42.5 Å². The van der Waals surface area contributed by atoms with Crippen LogP contribution in [-0.2, 0) is 0 Å². The van der Waals surface area contributed by atoms with Crippen molar-refractivity contribution in [1.29, 1.82) is 0 Å². The third kappa shape index (κ3) is 4.31. The summed E-state index contributed by atoms with van der Waals surface area (Å²) in [5.74, 6) is 1.45. The molecule has 0 fully saturated rings. The van der Waals surface area contributed by atoms with Gasteiger partial charge in [0.2, 0.25) is 6.29 Å². The van der Waals surface area contributed by atoms with Crippen LogP contribution in [0, 0.1) is 6.92 Å². The summed E-state index contributed by atoms with van der Waals surface area (Å²) >= 11 is 0. The smallest absolute Gasteiger partial charge is 0.241 e. The van der Waals surface area contributed by atoms with Gasteiger partial charge in [-0.2, -0.15) is 0 Å². The van der Waals surface area contributed by atoms with Crippen LogP contribution in [0.3, 0.4) is 0 Å². The number of rotatable bonds is 6. The predicted octanol–water partition coefficient (Wildman–Crippen LogP) is 3.74. The summed E-state index contributed by atoms with van der Waals surface area (Å²) in [4.78, 5) is 0. The molecule has 0 aliphatic heterocycles. The van der Waals surface area contributed by atoms with Crippen LogP contribution in [-0.4, -0.2) is 6.29 Å². The number of anilines is 2. The highest BCUT2D eigenvalue weighted by Crippen LogP contribution is 2.23. The molecular weight excluding hydrogens is 264 g/mol. The topological polar surface area (TPSA) is 70.5 Å². The Bertz CT molecular complexity index is 582. The highest BCUT2D eigenvalue weighted by molar-refractivity contribution is 5.50. The normalized spacial score (nSPS) is 11.9. The van der Waals surface area contributed by atoms with Gasteiger partial charge in [-0.1, -0.05) is 13.0 Å². The molecule has 0 saturated carbocycles. The van der Waals surface area contributed by atoms with Crippen LogP contribution in [0.2, 0.25) is 0 Å². The standard InChI is InChI=1S/C17H22N2O2/c1-3-4-17(20-14-9-6-13(18)7-10-14)21-15-8-5-12(2)16(19)11-15/h5-11,17H,3-4,18-19H2,1-2H3. The number of benzene rings is 2. The summed E-state index contributed by atoms with van der Waals surface area (Å²) in [6.07, 6.45) is 1.40. The van der Waals surface area contributed by atoms with Crippen LogP contribution in [0.5, 0.6) is 11.5 Å². The largest absolute Gasteiger partial charge is 0.455 e.